The lowest BCUT2D eigenvalue weighted by Gasteiger charge is -2.34. The van der Waals surface area contributed by atoms with Crippen LogP contribution in [0.15, 0.2) is 54.6 Å². The normalized spacial score (nSPS) is 21.8. The van der Waals surface area contributed by atoms with E-state index in [1.54, 1.807) is 12.1 Å². The Morgan fingerprint density at radius 1 is 1.17 bits per heavy atom. The standard InChI is InChI=1S/C16H17N2O4P/c19-17-11-10-14(13-4-2-1-3-5-13)12-23(17)22-16-8-6-15(7-9-16)18(20)21/h1-9,14,19H,10-12H2. The van der Waals surface area contributed by atoms with Crippen LogP contribution in [0.25, 0.3) is 0 Å². The first-order chi connectivity index (χ1) is 11.1. The number of nitrogens with zero attached hydrogens (tertiary/aromatic N) is 2. The molecule has 0 bridgehead atoms. The number of rotatable bonds is 4. The summed E-state index contributed by atoms with van der Waals surface area (Å²) in [6.45, 7) is 0.554. The van der Waals surface area contributed by atoms with Gasteiger partial charge >= 0.3 is 0 Å². The van der Waals surface area contributed by atoms with E-state index in [2.05, 4.69) is 12.1 Å². The Bertz CT molecular complexity index is 666. The number of hydrogen-bond donors (Lipinski definition) is 1. The average Bonchev–Trinajstić information content (AvgIpc) is 2.58. The molecule has 2 atom stereocenters. The molecule has 2 aromatic carbocycles. The molecule has 2 unspecified atom stereocenters. The largest absolute Gasteiger partial charge is 0.456 e. The zero-order valence-corrected chi connectivity index (χ0v) is 13.3. The van der Waals surface area contributed by atoms with Crippen LogP contribution in [0.1, 0.15) is 17.9 Å². The van der Waals surface area contributed by atoms with E-state index in [0.717, 1.165) is 12.6 Å². The van der Waals surface area contributed by atoms with Crippen molar-refractivity contribution in [3.05, 3.63) is 70.3 Å². The molecule has 6 nitrogen and oxygen atoms in total. The highest BCUT2D eigenvalue weighted by Gasteiger charge is 2.31. The average molecular weight is 332 g/mol. The van der Waals surface area contributed by atoms with E-state index in [0.29, 0.717) is 18.2 Å². The van der Waals surface area contributed by atoms with Crippen molar-refractivity contribution >= 4 is 14.0 Å². The highest BCUT2D eigenvalue weighted by Crippen LogP contribution is 2.49. The maximum Gasteiger partial charge on any atom is 0.269 e. The minimum absolute atomic E-state index is 0.0248. The van der Waals surface area contributed by atoms with E-state index >= 15 is 0 Å². The van der Waals surface area contributed by atoms with Crippen LogP contribution in [0.5, 0.6) is 5.75 Å². The molecule has 0 amide bonds. The summed E-state index contributed by atoms with van der Waals surface area (Å²) >= 11 is 0. The first kappa shape index (κ1) is 15.9. The molecule has 7 heteroatoms. The SMILES string of the molecule is O=[N+]([O-])c1ccc(OP2CC(c3ccccc3)CCN2O)cc1. The van der Waals surface area contributed by atoms with Gasteiger partial charge in [0.05, 0.1) is 4.92 Å². The predicted octanol–water partition coefficient (Wildman–Crippen LogP) is 4.16. The van der Waals surface area contributed by atoms with Gasteiger partial charge in [0, 0.05) is 24.8 Å². The second-order valence-electron chi connectivity index (χ2n) is 5.37. The maximum absolute atomic E-state index is 10.7. The minimum atomic E-state index is -1.18. The summed E-state index contributed by atoms with van der Waals surface area (Å²) in [5.41, 5.74) is 1.28. The first-order valence-corrected chi connectivity index (χ1v) is 8.74. The van der Waals surface area contributed by atoms with E-state index in [4.69, 9.17) is 4.52 Å². The molecule has 1 saturated heterocycles. The van der Waals surface area contributed by atoms with Crippen LogP contribution < -0.4 is 4.52 Å². The fourth-order valence-electron chi connectivity index (χ4n) is 2.59. The number of nitro groups is 1. The van der Waals surface area contributed by atoms with Crippen LogP contribution >= 0.6 is 8.30 Å². The van der Waals surface area contributed by atoms with E-state index in [1.165, 1.54) is 22.5 Å². The van der Waals surface area contributed by atoms with Gasteiger partial charge in [-0.2, -0.15) is 0 Å². The Morgan fingerprint density at radius 2 is 1.87 bits per heavy atom. The predicted molar refractivity (Wildman–Crippen MR) is 87.8 cm³/mol. The Labute approximate surface area is 135 Å². The molecule has 0 aromatic heterocycles. The Hall–Kier alpha value is -2.01. The van der Waals surface area contributed by atoms with E-state index in [-0.39, 0.29) is 5.69 Å². The summed E-state index contributed by atoms with van der Waals surface area (Å²) in [5.74, 6) is 0.887. The number of non-ortho nitro benzene ring substituents is 1. The third kappa shape index (κ3) is 3.85. The van der Waals surface area contributed by atoms with Gasteiger partial charge in [-0.25, -0.2) is 0 Å². The van der Waals surface area contributed by atoms with Crippen LogP contribution in [0.4, 0.5) is 5.69 Å². The van der Waals surface area contributed by atoms with Gasteiger partial charge in [0.15, 0.2) is 8.30 Å². The van der Waals surface area contributed by atoms with Gasteiger partial charge in [0.2, 0.25) is 0 Å². The summed E-state index contributed by atoms with van der Waals surface area (Å²) in [6, 6.07) is 16.2. The molecule has 23 heavy (non-hydrogen) atoms. The molecule has 0 saturated carbocycles. The molecule has 0 radical (unpaired) electrons. The molecule has 1 heterocycles. The molecular formula is C16H17N2O4P. The molecule has 2 aromatic rings. The number of nitro benzene ring substituents is 1. The summed E-state index contributed by atoms with van der Waals surface area (Å²) in [7, 11) is -1.18. The van der Waals surface area contributed by atoms with Gasteiger partial charge in [0.25, 0.3) is 5.69 Å². The maximum atomic E-state index is 10.7. The molecular weight excluding hydrogens is 315 g/mol. The Balaban J connectivity index is 1.69. The fourth-order valence-corrected chi connectivity index (χ4v) is 4.42. The van der Waals surface area contributed by atoms with E-state index < -0.39 is 13.2 Å². The third-order valence-electron chi connectivity index (χ3n) is 3.84. The van der Waals surface area contributed by atoms with Crippen molar-refractivity contribution in [3.8, 4) is 5.75 Å². The van der Waals surface area contributed by atoms with E-state index in [1.807, 2.05) is 18.2 Å². The lowest BCUT2D eigenvalue weighted by molar-refractivity contribution is -0.384. The van der Waals surface area contributed by atoms with Gasteiger partial charge < -0.3 is 9.73 Å². The Morgan fingerprint density at radius 3 is 2.52 bits per heavy atom. The lowest BCUT2D eigenvalue weighted by Crippen LogP contribution is -2.28. The Kier molecular flexibility index (Phi) is 4.86. The van der Waals surface area contributed by atoms with Crippen LogP contribution in [-0.2, 0) is 0 Å². The molecule has 3 rings (SSSR count). The van der Waals surface area contributed by atoms with Crippen molar-refractivity contribution in [1.82, 2.24) is 4.83 Å². The number of benzene rings is 2. The van der Waals surface area contributed by atoms with Crippen molar-refractivity contribution in [1.29, 1.82) is 0 Å². The van der Waals surface area contributed by atoms with Gasteiger partial charge in [-0.05, 0) is 30.0 Å². The molecule has 1 fully saturated rings. The highest BCUT2D eigenvalue weighted by atomic mass is 31.2. The topological polar surface area (TPSA) is 75.8 Å². The van der Waals surface area contributed by atoms with E-state index in [9.17, 15) is 15.3 Å². The van der Waals surface area contributed by atoms with Crippen LogP contribution in [0.2, 0.25) is 0 Å². The first-order valence-electron chi connectivity index (χ1n) is 7.35. The second-order valence-corrected chi connectivity index (χ2v) is 7.08. The zero-order valence-electron chi connectivity index (χ0n) is 12.4. The minimum Gasteiger partial charge on any atom is -0.456 e. The van der Waals surface area contributed by atoms with Crippen molar-refractivity contribution in [2.75, 3.05) is 12.7 Å². The summed E-state index contributed by atoms with van der Waals surface area (Å²) in [5, 5.41) is 20.7. The lowest BCUT2D eigenvalue weighted by atomic mass is 9.98. The van der Waals surface area contributed by atoms with Crippen molar-refractivity contribution < 1.29 is 14.7 Å². The second kappa shape index (κ2) is 7.04. The van der Waals surface area contributed by atoms with Crippen LogP contribution in [0.3, 0.4) is 0 Å². The molecule has 1 N–H and O–H groups in total. The van der Waals surface area contributed by atoms with Gasteiger partial charge in [-0.15, -0.1) is 4.83 Å². The van der Waals surface area contributed by atoms with Crippen molar-refractivity contribution in [2.24, 2.45) is 0 Å². The van der Waals surface area contributed by atoms with Gasteiger partial charge in [-0.3, -0.25) is 10.1 Å². The monoisotopic (exact) mass is 332 g/mol. The van der Waals surface area contributed by atoms with Gasteiger partial charge in [-0.1, -0.05) is 30.3 Å². The fraction of sp³-hybridized carbons (Fsp3) is 0.250. The quantitative estimate of drug-likeness (QED) is 0.517. The van der Waals surface area contributed by atoms with Crippen molar-refractivity contribution in [3.63, 3.8) is 0 Å². The van der Waals surface area contributed by atoms with Crippen LogP contribution in [-0.4, -0.2) is 27.7 Å². The molecule has 0 aliphatic carbocycles. The van der Waals surface area contributed by atoms with Crippen molar-refractivity contribution in [2.45, 2.75) is 12.3 Å². The molecule has 0 spiro atoms. The van der Waals surface area contributed by atoms with Crippen LogP contribution in [0, 0.1) is 10.1 Å². The summed E-state index contributed by atoms with van der Waals surface area (Å²) in [4.78, 5) is 11.5. The smallest absolute Gasteiger partial charge is 0.269 e. The number of hydrogen-bond acceptors (Lipinski definition) is 5. The molecule has 1 aliphatic rings. The zero-order chi connectivity index (χ0) is 16.2. The van der Waals surface area contributed by atoms with Gasteiger partial charge in [0.1, 0.15) is 5.75 Å². The molecule has 1 aliphatic heterocycles. The highest BCUT2D eigenvalue weighted by molar-refractivity contribution is 7.50. The summed E-state index contributed by atoms with van der Waals surface area (Å²) in [6.07, 6.45) is 1.61. The molecule has 120 valence electrons. The number of hydroxylamine groups is 1. The summed E-state index contributed by atoms with van der Waals surface area (Å²) < 4.78 is 5.87. The third-order valence-corrected chi connectivity index (χ3v) is 5.73.